The fourth-order valence-corrected chi connectivity index (χ4v) is 3.56. The van der Waals surface area contributed by atoms with Gasteiger partial charge >= 0.3 is 6.09 Å². The molecule has 1 N–H and O–H groups in total. The molecule has 2 aliphatic rings. The number of pyridine rings is 1. The Balaban J connectivity index is 0.000000830. The number of anilines is 1. The van der Waals surface area contributed by atoms with Crippen molar-refractivity contribution >= 4 is 35.1 Å². The fraction of sp³-hybridized carbons (Fsp3) is 0.538. The summed E-state index contributed by atoms with van der Waals surface area (Å²) in [5.74, 6) is 0.0475. The molecular formula is C26H38ClN5O4. The number of likely N-dealkylation sites (N-methyl/N-ethyl adjacent to an activating group) is 1. The highest BCUT2D eigenvalue weighted by atomic mass is 35.5. The van der Waals surface area contributed by atoms with Crippen molar-refractivity contribution in [1.82, 2.24) is 14.8 Å². The number of aromatic nitrogens is 1. The summed E-state index contributed by atoms with van der Waals surface area (Å²) >= 11 is 5.98. The van der Waals surface area contributed by atoms with E-state index >= 15 is 0 Å². The maximum Gasteiger partial charge on any atom is 0.412 e. The Bertz CT molecular complexity index is 983. The van der Waals surface area contributed by atoms with E-state index in [2.05, 4.69) is 14.9 Å². The Morgan fingerprint density at radius 1 is 1.31 bits per heavy atom. The summed E-state index contributed by atoms with van der Waals surface area (Å²) in [6.45, 7) is 12.1. The maximum absolute atomic E-state index is 13.5. The third-order valence-electron chi connectivity index (χ3n) is 6.00. The number of carbonyl (C=O) groups is 2. The minimum absolute atomic E-state index is 0.116. The molecule has 1 aromatic heterocycles. The van der Waals surface area contributed by atoms with Gasteiger partial charge < -0.3 is 19.6 Å². The van der Waals surface area contributed by atoms with Gasteiger partial charge in [-0.05, 0) is 52.8 Å². The van der Waals surface area contributed by atoms with Crippen molar-refractivity contribution in [2.45, 2.75) is 59.8 Å². The normalized spacial score (nSPS) is 22.1. The molecule has 2 atom stereocenters. The van der Waals surface area contributed by atoms with E-state index in [1.54, 1.807) is 36.2 Å². The molecule has 0 aromatic carbocycles. The molecule has 0 aliphatic carbocycles. The van der Waals surface area contributed by atoms with Crippen LogP contribution < -0.4 is 4.90 Å². The molecule has 2 aliphatic heterocycles. The van der Waals surface area contributed by atoms with Gasteiger partial charge in [-0.1, -0.05) is 37.1 Å². The van der Waals surface area contributed by atoms with Crippen LogP contribution in [0.25, 0.3) is 0 Å². The smallest absolute Gasteiger partial charge is 0.412 e. The molecule has 3 heterocycles. The number of ether oxygens (including phenoxy) is 1. The number of halogens is 1. The first kappa shape index (κ1) is 29.5. The largest absolute Gasteiger partial charge is 0.419 e. The van der Waals surface area contributed by atoms with Crippen LogP contribution in [0.15, 0.2) is 46.7 Å². The Morgan fingerprint density at radius 2 is 1.94 bits per heavy atom. The lowest BCUT2D eigenvalue weighted by Crippen LogP contribution is -2.50. The highest BCUT2D eigenvalue weighted by Gasteiger charge is 2.46. The number of nitrogens with zero attached hydrogens (tertiary/aromatic N) is 5. The van der Waals surface area contributed by atoms with Gasteiger partial charge in [0.25, 0.3) is 5.91 Å². The van der Waals surface area contributed by atoms with Crippen LogP contribution in [0.4, 0.5) is 10.6 Å². The van der Waals surface area contributed by atoms with Crippen molar-refractivity contribution in [2.75, 3.05) is 38.1 Å². The van der Waals surface area contributed by atoms with Gasteiger partial charge in [-0.25, -0.2) is 14.7 Å². The van der Waals surface area contributed by atoms with Crippen LogP contribution in [-0.2, 0) is 9.53 Å². The lowest BCUT2D eigenvalue weighted by Gasteiger charge is -2.33. The number of aliphatic imine (C=N–C) groups is 1. The van der Waals surface area contributed by atoms with Gasteiger partial charge in [0.1, 0.15) is 11.5 Å². The molecule has 0 spiro atoms. The third-order valence-corrected chi connectivity index (χ3v) is 6.22. The van der Waals surface area contributed by atoms with Crippen molar-refractivity contribution in [3.8, 4) is 0 Å². The molecule has 2 saturated heterocycles. The van der Waals surface area contributed by atoms with Crippen LogP contribution in [-0.4, -0.2) is 83.2 Å². The van der Waals surface area contributed by atoms with E-state index in [9.17, 15) is 9.59 Å². The first-order valence-electron chi connectivity index (χ1n) is 12.3. The summed E-state index contributed by atoms with van der Waals surface area (Å²) in [4.78, 5) is 40.4. The second kappa shape index (κ2) is 14.1. The first-order valence-corrected chi connectivity index (χ1v) is 12.7. The van der Waals surface area contributed by atoms with E-state index in [0.29, 0.717) is 41.6 Å². The summed E-state index contributed by atoms with van der Waals surface area (Å²) in [5, 5.41) is 8.81. The van der Waals surface area contributed by atoms with Crippen LogP contribution >= 0.6 is 11.6 Å². The van der Waals surface area contributed by atoms with Crippen molar-refractivity contribution in [1.29, 1.82) is 0 Å². The van der Waals surface area contributed by atoms with Gasteiger partial charge in [0.2, 0.25) is 6.23 Å². The summed E-state index contributed by atoms with van der Waals surface area (Å²) in [6, 6.07) is 3.28. The monoisotopic (exact) mass is 519 g/mol. The molecule has 3 rings (SSSR count). The van der Waals surface area contributed by atoms with E-state index < -0.39 is 12.3 Å². The lowest BCUT2D eigenvalue weighted by molar-refractivity contribution is -0.115. The number of aliphatic hydroxyl groups is 1. The van der Waals surface area contributed by atoms with Crippen LogP contribution in [0.3, 0.4) is 0 Å². The molecule has 36 heavy (non-hydrogen) atoms. The standard InChI is InChI=1S/C22H28ClN5O3.C4H10O/c1-5-9-24-19-18(15(3)6-2)20(29)28(17-8-7-16(23)14-25-17)21(19)31-22(30)27-12-10-26(4)11-13-27;1-3-4(2)5/h5,7-9,14,21H,6,10-13H2,1-4H3;4-5H,3H2,1-2H3/b9-5-,18-15-,24-19-;/t21-;4-/m01/s1. The molecule has 2 amide bonds. The predicted octanol–water partition coefficient (Wildman–Crippen LogP) is 4.27. The highest BCUT2D eigenvalue weighted by molar-refractivity contribution is 6.35. The van der Waals surface area contributed by atoms with Crippen molar-refractivity contribution in [2.24, 2.45) is 4.99 Å². The zero-order valence-corrected chi connectivity index (χ0v) is 22.8. The predicted molar refractivity (Wildman–Crippen MR) is 143 cm³/mol. The summed E-state index contributed by atoms with van der Waals surface area (Å²) in [5.41, 5.74) is 1.72. The number of amides is 2. The molecule has 9 nitrogen and oxygen atoms in total. The molecule has 0 saturated carbocycles. The second-order valence-corrected chi connectivity index (χ2v) is 9.24. The van der Waals surface area contributed by atoms with E-state index in [4.69, 9.17) is 21.4 Å². The molecule has 198 valence electrons. The van der Waals surface area contributed by atoms with Gasteiger partial charge in [-0.15, -0.1) is 0 Å². The Morgan fingerprint density at radius 3 is 2.44 bits per heavy atom. The third kappa shape index (κ3) is 7.62. The minimum atomic E-state index is -1.01. The number of hydrogen-bond acceptors (Lipinski definition) is 7. The molecule has 10 heteroatoms. The second-order valence-electron chi connectivity index (χ2n) is 8.80. The van der Waals surface area contributed by atoms with E-state index in [1.807, 2.05) is 34.7 Å². The fourth-order valence-electron chi connectivity index (χ4n) is 3.45. The number of piperazine rings is 1. The van der Waals surface area contributed by atoms with Crippen LogP contribution in [0.1, 0.15) is 47.5 Å². The van der Waals surface area contributed by atoms with Gasteiger partial charge in [0.05, 0.1) is 16.7 Å². The topological polar surface area (TPSA) is 98.6 Å². The molecule has 0 radical (unpaired) electrons. The van der Waals surface area contributed by atoms with Crippen molar-refractivity contribution in [3.63, 3.8) is 0 Å². The van der Waals surface area contributed by atoms with Crippen molar-refractivity contribution < 1.29 is 19.4 Å². The quantitative estimate of drug-likeness (QED) is 0.583. The number of allylic oxidation sites excluding steroid dienone is 2. The van der Waals surface area contributed by atoms with E-state index in [0.717, 1.165) is 25.1 Å². The first-order chi connectivity index (χ1) is 17.1. The lowest BCUT2D eigenvalue weighted by atomic mass is 10.0. The number of hydrogen-bond donors (Lipinski definition) is 1. The van der Waals surface area contributed by atoms with E-state index in [-0.39, 0.29) is 12.0 Å². The summed E-state index contributed by atoms with van der Waals surface area (Å²) in [7, 11) is 2.01. The summed E-state index contributed by atoms with van der Waals surface area (Å²) < 4.78 is 5.89. The molecular weight excluding hydrogens is 482 g/mol. The van der Waals surface area contributed by atoms with Gasteiger partial charge in [0.15, 0.2) is 0 Å². The number of aliphatic hydroxyl groups excluding tert-OH is 1. The highest BCUT2D eigenvalue weighted by Crippen LogP contribution is 2.31. The van der Waals surface area contributed by atoms with Crippen molar-refractivity contribution in [3.05, 3.63) is 46.8 Å². The Kier molecular flexibility index (Phi) is 11.6. The number of rotatable bonds is 5. The van der Waals surface area contributed by atoms with Crippen LogP contribution in [0.2, 0.25) is 5.02 Å². The Hall–Kier alpha value is -2.75. The zero-order valence-electron chi connectivity index (χ0n) is 22.1. The SMILES string of the molecule is CC[C@@H](C)O.C\C=C/N=C1/C(=C(\C)CC)C(=O)N(c2ccc(Cl)cn2)[C@H]1OC(=O)N1CCN(C)CC1. The average Bonchev–Trinajstić information content (AvgIpc) is 3.13. The van der Waals surface area contributed by atoms with Crippen LogP contribution in [0, 0.1) is 0 Å². The summed E-state index contributed by atoms with van der Waals surface area (Å²) in [6.07, 6.45) is 4.74. The zero-order chi connectivity index (χ0) is 26.8. The average molecular weight is 520 g/mol. The maximum atomic E-state index is 13.5. The van der Waals surface area contributed by atoms with Crippen LogP contribution in [0.5, 0.6) is 0 Å². The molecule has 2 fully saturated rings. The van der Waals surface area contributed by atoms with Gasteiger partial charge in [-0.3, -0.25) is 9.79 Å². The minimum Gasteiger partial charge on any atom is -0.419 e. The van der Waals surface area contributed by atoms with Gasteiger partial charge in [0, 0.05) is 38.6 Å². The van der Waals surface area contributed by atoms with Gasteiger partial charge in [-0.2, -0.15) is 0 Å². The molecule has 1 aromatic rings. The Labute approximate surface area is 219 Å². The number of carbonyl (C=O) groups excluding carboxylic acids is 2. The van der Waals surface area contributed by atoms with E-state index in [1.165, 1.54) is 11.1 Å². The molecule has 0 bridgehead atoms. The molecule has 0 unspecified atom stereocenters.